The Balaban J connectivity index is 1.49. The van der Waals surface area contributed by atoms with Crippen molar-refractivity contribution in [3.8, 4) is 11.1 Å². The van der Waals surface area contributed by atoms with Crippen LogP contribution in [0, 0.1) is 5.82 Å². The number of fused-ring (bicyclic) bond motifs is 2. The van der Waals surface area contributed by atoms with Crippen LogP contribution >= 0.6 is 11.6 Å². The van der Waals surface area contributed by atoms with Crippen LogP contribution in [0.2, 0.25) is 5.02 Å². The lowest BCUT2D eigenvalue weighted by Crippen LogP contribution is -2.28. The standard InChI is InChI=1S/C25H20ClFN6O2/c1-2-28-25(35)31-24-29-20-8-4-14(11-22(20)30-24)17-9-13(3-7-19(17)27)10-21-18-12-15(26)5-6-16(18)23(34)33-32-21/h3-9,11-12H,2,10H2,1H3,(H,33,34)(H3,28,29,30,31,35). The average Bonchev–Trinajstić information content (AvgIpc) is 3.23. The molecule has 176 valence electrons. The number of imidazole rings is 1. The number of H-pyrrole nitrogens is 2. The first-order valence-corrected chi connectivity index (χ1v) is 11.3. The van der Waals surface area contributed by atoms with Crippen LogP contribution in [0.25, 0.3) is 32.9 Å². The molecule has 0 unspecified atom stereocenters. The number of aromatic nitrogens is 4. The molecule has 5 aromatic rings. The van der Waals surface area contributed by atoms with Gasteiger partial charge in [-0.2, -0.15) is 5.10 Å². The molecule has 2 amide bonds. The van der Waals surface area contributed by atoms with Gasteiger partial charge in [-0.25, -0.2) is 19.3 Å². The smallest absolute Gasteiger partial charge is 0.321 e. The number of carbonyl (C=O) groups excluding carboxylic acids is 1. The number of halogens is 2. The van der Waals surface area contributed by atoms with Crippen LogP contribution in [0.15, 0.2) is 59.4 Å². The Hall–Kier alpha value is -4.24. The van der Waals surface area contributed by atoms with E-state index in [-0.39, 0.29) is 17.4 Å². The molecule has 0 saturated heterocycles. The summed E-state index contributed by atoms with van der Waals surface area (Å²) < 4.78 is 14.8. The number of aromatic amines is 2. The van der Waals surface area contributed by atoms with Crippen LogP contribution in [0.5, 0.6) is 0 Å². The highest BCUT2D eigenvalue weighted by Crippen LogP contribution is 2.29. The van der Waals surface area contributed by atoms with E-state index in [1.165, 1.54) is 6.07 Å². The summed E-state index contributed by atoms with van der Waals surface area (Å²) in [5.41, 5.74) is 3.47. The molecule has 35 heavy (non-hydrogen) atoms. The normalized spacial score (nSPS) is 11.2. The molecule has 3 aromatic carbocycles. The number of urea groups is 1. The number of anilines is 1. The summed E-state index contributed by atoms with van der Waals surface area (Å²) in [6.07, 6.45) is 0.367. The number of hydrogen-bond acceptors (Lipinski definition) is 4. The predicted octanol–water partition coefficient (Wildman–Crippen LogP) is 4.99. The molecule has 0 bridgehead atoms. The van der Waals surface area contributed by atoms with Crippen LogP contribution in [0.1, 0.15) is 18.2 Å². The van der Waals surface area contributed by atoms with Crippen molar-refractivity contribution in [3.05, 3.63) is 87.0 Å². The Kier molecular flexibility index (Phi) is 5.92. The molecule has 0 spiro atoms. The van der Waals surface area contributed by atoms with Gasteiger partial charge in [0.15, 0.2) is 0 Å². The third kappa shape index (κ3) is 4.58. The molecule has 2 heterocycles. The average molecular weight is 491 g/mol. The van der Waals surface area contributed by atoms with Crippen molar-refractivity contribution in [1.82, 2.24) is 25.5 Å². The largest absolute Gasteiger partial charge is 0.338 e. The summed E-state index contributed by atoms with van der Waals surface area (Å²) in [5, 5.41) is 13.6. The fourth-order valence-corrected chi connectivity index (χ4v) is 4.14. The van der Waals surface area contributed by atoms with Gasteiger partial charge in [-0.3, -0.25) is 10.1 Å². The second kappa shape index (κ2) is 9.19. The summed E-state index contributed by atoms with van der Waals surface area (Å²) >= 11 is 6.14. The van der Waals surface area contributed by atoms with Gasteiger partial charge in [-0.15, -0.1) is 0 Å². The number of hydrogen-bond donors (Lipinski definition) is 4. The minimum Gasteiger partial charge on any atom is -0.338 e. The Morgan fingerprint density at radius 3 is 2.77 bits per heavy atom. The minimum absolute atomic E-state index is 0.298. The zero-order chi connectivity index (χ0) is 24.5. The maximum atomic E-state index is 14.8. The topological polar surface area (TPSA) is 116 Å². The molecule has 2 aromatic heterocycles. The fraction of sp³-hybridized carbons (Fsp3) is 0.120. The van der Waals surface area contributed by atoms with E-state index < -0.39 is 0 Å². The Bertz CT molecular complexity index is 1640. The minimum atomic E-state index is -0.383. The molecule has 0 atom stereocenters. The van der Waals surface area contributed by atoms with Gasteiger partial charge in [0, 0.05) is 28.9 Å². The summed E-state index contributed by atoms with van der Waals surface area (Å²) in [4.78, 5) is 31.3. The maximum Gasteiger partial charge on any atom is 0.321 e. The third-order valence-electron chi connectivity index (χ3n) is 5.60. The van der Waals surface area contributed by atoms with E-state index in [0.717, 1.165) is 5.56 Å². The SMILES string of the molecule is CCNC(=O)Nc1nc2cc(-c3cc(Cc4n[nH]c(=O)c5ccc(Cl)cc45)ccc3F)ccc2[nH]1. The van der Waals surface area contributed by atoms with Gasteiger partial charge >= 0.3 is 6.03 Å². The van der Waals surface area contributed by atoms with Gasteiger partial charge in [-0.05, 0) is 60.5 Å². The van der Waals surface area contributed by atoms with Crippen LogP contribution in [-0.4, -0.2) is 32.7 Å². The maximum absolute atomic E-state index is 14.8. The molecule has 0 aliphatic carbocycles. The molecule has 0 aliphatic rings. The van der Waals surface area contributed by atoms with E-state index in [0.29, 0.717) is 62.6 Å². The second-order valence-electron chi connectivity index (χ2n) is 7.98. The molecule has 5 rings (SSSR count). The van der Waals surface area contributed by atoms with E-state index >= 15 is 0 Å². The molecular weight excluding hydrogens is 471 g/mol. The molecule has 10 heteroatoms. The van der Waals surface area contributed by atoms with Gasteiger partial charge in [0.25, 0.3) is 5.56 Å². The molecule has 0 fully saturated rings. The summed E-state index contributed by atoms with van der Waals surface area (Å²) in [6, 6.07) is 14.8. The van der Waals surface area contributed by atoms with Crippen LogP contribution in [-0.2, 0) is 6.42 Å². The Morgan fingerprint density at radius 2 is 1.94 bits per heavy atom. The molecule has 0 radical (unpaired) electrons. The van der Waals surface area contributed by atoms with Crippen LogP contribution < -0.4 is 16.2 Å². The highest BCUT2D eigenvalue weighted by atomic mass is 35.5. The van der Waals surface area contributed by atoms with E-state index in [9.17, 15) is 14.0 Å². The number of carbonyl (C=O) groups is 1. The van der Waals surface area contributed by atoms with E-state index in [1.807, 2.05) is 6.92 Å². The van der Waals surface area contributed by atoms with Gasteiger partial charge in [0.2, 0.25) is 5.95 Å². The van der Waals surface area contributed by atoms with Gasteiger partial charge in [-0.1, -0.05) is 23.7 Å². The lowest BCUT2D eigenvalue weighted by Gasteiger charge is -2.09. The van der Waals surface area contributed by atoms with Gasteiger partial charge < -0.3 is 10.3 Å². The first kappa shape index (κ1) is 22.5. The zero-order valence-electron chi connectivity index (χ0n) is 18.6. The van der Waals surface area contributed by atoms with Crippen LogP contribution in [0.4, 0.5) is 15.1 Å². The fourth-order valence-electron chi connectivity index (χ4n) is 3.97. The number of rotatable bonds is 5. The predicted molar refractivity (Wildman–Crippen MR) is 134 cm³/mol. The summed E-state index contributed by atoms with van der Waals surface area (Å²) in [6.45, 7) is 2.31. The van der Waals surface area contributed by atoms with Gasteiger partial charge in [0.1, 0.15) is 5.82 Å². The monoisotopic (exact) mass is 490 g/mol. The second-order valence-corrected chi connectivity index (χ2v) is 8.42. The highest BCUT2D eigenvalue weighted by molar-refractivity contribution is 6.31. The van der Waals surface area contributed by atoms with Crippen molar-refractivity contribution < 1.29 is 9.18 Å². The number of benzene rings is 3. The highest BCUT2D eigenvalue weighted by Gasteiger charge is 2.13. The molecule has 8 nitrogen and oxygen atoms in total. The Labute approximate surface area is 203 Å². The number of amides is 2. The van der Waals surface area contributed by atoms with E-state index in [1.54, 1.807) is 48.5 Å². The van der Waals surface area contributed by atoms with Crippen molar-refractivity contribution >= 4 is 45.4 Å². The number of nitrogens with zero attached hydrogens (tertiary/aromatic N) is 2. The molecular formula is C25H20ClFN6O2. The number of nitrogens with one attached hydrogen (secondary N) is 4. The zero-order valence-corrected chi connectivity index (χ0v) is 19.3. The van der Waals surface area contributed by atoms with Crippen molar-refractivity contribution in [2.45, 2.75) is 13.3 Å². The Morgan fingerprint density at radius 1 is 1.09 bits per heavy atom. The quantitative estimate of drug-likeness (QED) is 0.278. The lowest BCUT2D eigenvalue weighted by molar-refractivity contribution is 0.252. The van der Waals surface area contributed by atoms with Crippen molar-refractivity contribution in [3.63, 3.8) is 0 Å². The van der Waals surface area contributed by atoms with Crippen molar-refractivity contribution in [1.29, 1.82) is 0 Å². The first-order chi connectivity index (χ1) is 16.9. The van der Waals surface area contributed by atoms with Crippen molar-refractivity contribution in [2.24, 2.45) is 0 Å². The molecule has 0 saturated carbocycles. The molecule has 0 aliphatic heterocycles. The third-order valence-corrected chi connectivity index (χ3v) is 5.83. The van der Waals surface area contributed by atoms with E-state index in [2.05, 4.69) is 30.8 Å². The van der Waals surface area contributed by atoms with E-state index in [4.69, 9.17) is 11.6 Å². The van der Waals surface area contributed by atoms with Gasteiger partial charge in [0.05, 0.1) is 22.1 Å². The first-order valence-electron chi connectivity index (χ1n) is 10.9. The molecule has 4 N–H and O–H groups in total. The summed E-state index contributed by atoms with van der Waals surface area (Å²) in [5.74, 6) is -0.0846. The summed E-state index contributed by atoms with van der Waals surface area (Å²) in [7, 11) is 0. The lowest BCUT2D eigenvalue weighted by atomic mass is 9.98. The van der Waals surface area contributed by atoms with Crippen LogP contribution in [0.3, 0.4) is 0 Å². The van der Waals surface area contributed by atoms with Crippen molar-refractivity contribution in [2.75, 3.05) is 11.9 Å².